The van der Waals surface area contributed by atoms with Gasteiger partial charge in [-0.1, -0.05) is 12.1 Å². The van der Waals surface area contributed by atoms with Crippen molar-refractivity contribution in [2.24, 2.45) is 10.8 Å². The molecule has 124 valence electrons. The molecule has 3 saturated carbocycles. The Bertz CT molecular complexity index is 797. The summed E-state index contributed by atoms with van der Waals surface area (Å²) >= 11 is 0. The molecule has 1 heterocycles. The fourth-order valence-electron chi connectivity index (χ4n) is 4.06. The van der Waals surface area contributed by atoms with E-state index in [4.69, 9.17) is 4.74 Å². The lowest BCUT2D eigenvalue weighted by atomic mass is 9.34. The number of hydrogen-bond donors (Lipinski definition) is 1. The Morgan fingerprint density at radius 1 is 1.25 bits per heavy atom. The summed E-state index contributed by atoms with van der Waals surface area (Å²) < 4.78 is 4.84. The van der Waals surface area contributed by atoms with Gasteiger partial charge in [0.2, 0.25) is 11.7 Å². The van der Waals surface area contributed by atoms with Crippen LogP contribution < -0.4 is 4.90 Å². The molecule has 3 fully saturated rings. The predicted molar refractivity (Wildman–Crippen MR) is 83.8 cm³/mol. The second-order valence-electron chi connectivity index (χ2n) is 6.73. The van der Waals surface area contributed by atoms with Gasteiger partial charge in [0.1, 0.15) is 0 Å². The molecule has 0 saturated heterocycles. The highest BCUT2D eigenvalue weighted by molar-refractivity contribution is 6.02. The van der Waals surface area contributed by atoms with E-state index >= 15 is 0 Å². The number of aromatic nitrogens is 4. The zero-order chi connectivity index (χ0) is 16.9. The van der Waals surface area contributed by atoms with Crippen molar-refractivity contribution in [3.8, 4) is 11.4 Å². The van der Waals surface area contributed by atoms with Gasteiger partial charge in [0.25, 0.3) is 0 Å². The zero-order valence-corrected chi connectivity index (χ0v) is 13.4. The molecule has 8 nitrogen and oxygen atoms in total. The van der Waals surface area contributed by atoms with Crippen LogP contribution in [0.3, 0.4) is 0 Å². The van der Waals surface area contributed by atoms with Gasteiger partial charge in [-0.15, -0.1) is 10.2 Å². The highest BCUT2D eigenvalue weighted by Crippen LogP contribution is 2.74. The number of aromatic amines is 1. The van der Waals surface area contributed by atoms with Crippen molar-refractivity contribution in [1.29, 1.82) is 0 Å². The Hall–Kier alpha value is -2.77. The summed E-state index contributed by atoms with van der Waals surface area (Å²) in [5.74, 6) is 0.324. The average molecular weight is 327 g/mol. The summed E-state index contributed by atoms with van der Waals surface area (Å²) in [6, 6.07) is 7.43. The number of anilines is 1. The molecule has 1 aromatic heterocycles. The van der Waals surface area contributed by atoms with Gasteiger partial charge >= 0.3 is 5.97 Å². The fourth-order valence-corrected chi connectivity index (χ4v) is 4.06. The minimum atomic E-state index is -0.419. The van der Waals surface area contributed by atoms with Crippen LogP contribution in [0.1, 0.15) is 19.3 Å². The van der Waals surface area contributed by atoms with E-state index in [-0.39, 0.29) is 11.9 Å². The number of methoxy groups -OCH3 is 1. The molecular formula is C16H17N5O3. The highest BCUT2D eigenvalue weighted by atomic mass is 16.5. The number of esters is 1. The molecule has 1 aromatic carbocycles. The molecule has 2 aromatic rings. The summed E-state index contributed by atoms with van der Waals surface area (Å²) in [6.07, 6.45) is 1.75. The quantitative estimate of drug-likeness (QED) is 0.846. The third kappa shape index (κ3) is 1.88. The van der Waals surface area contributed by atoms with E-state index in [2.05, 4.69) is 20.6 Å². The SMILES string of the molecule is COC(=O)C12CC(C(=O)N(C)c3cccc(-c4nn[nH]n4)c3)(C1)C2. The first kappa shape index (κ1) is 14.8. The van der Waals surface area contributed by atoms with Gasteiger partial charge in [-0.05, 0) is 36.6 Å². The minimum Gasteiger partial charge on any atom is -0.469 e. The van der Waals surface area contributed by atoms with Gasteiger partial charge in [-0.25, -0.2) is 0 Å². The molecule has 3 aliphatic rings. The molecule has 0 atom stereocenters. The zero-order valence-electron chi connectivity index (χ0n) is 13.4. The molecule has 1 N–H and O–H groups in total. The summed E-state index contributed by atoms with van der Waals surface area (Å²) in [6.45, 7) is 0. The van der Waals surface area contributed by atoms with Crippen LogP contribution in [0.2, 0.25) is 0 Å². The molecule has 24 heavy (non-hydrogen) atoms. The minimum absolute atomic E-state index is 0.0403. The number of amides is 1. The van der Waals surface area contributed by atoms with E-state index in [1.54, 1.807) is 11.9 Å². The molecule has 0 radical (unpaired) electrons. The Labute approximate surface area is 138 Å². The van der Waals surface area contributed by atoms with Crippen molar-refractivity contribution < 1.29 is 14.3 Å². The lowest BCUT2D eigenvalue weighted by molar-refractivity contribution is -0.221. The number of benzene rings is 1. The number of carbonyl (C=O) groups is 2. The summed E-state index contributed by atoms with van der Waals surface area (Å²) in [7, 11) is 3.15. The van der Waals surface area contributed by atoms with Crippen molar-refractivity contribution in [2.45, 2.75) is 19.3 Å². The number of rotatable bonds is 4. The van der Waals surface area contributed by atoms with Gasteiger partial charge in [0.15, 0.2) is 0 Å². The van der Waals surface area contributed by atoms with Crippen LogP contribution in [0, 0.1) is 10.8 Å². The smallest absolute Gasteiger partial charge is 0.311 e. The molecular weight excluding hydrogens is 310 g/mol. The monoisotopic (exact) mass is 327 g/mol. The van der Waals surface area contributed by atoms with Crippen molar-refractivity contribution in [3.63, 3.8) is 0 Å². The van der Waals surface area contributed by atoms with Crippen molar-refractivity contribution in [3.05, 3.63) is 24.3 Å². The number of hydrogen-bond acceptors (Lipinski definition) is 6. The average Bonchev–Trinajstić information content (AvgIpc) is 3.05. The second-order valence-corrected chi connectivity index (χ2v) is 6.73. The maximum atomic E-state index is 12.9. The van der Waals surface area contributed by atoms with E-state index in [0.717, 1.165) is 11.3 Å². The number of tetrazole rings is 1. The molecule has 2 bridgehead atoms. The summed E-state index contributed by atoms with van der Waals surface area (Å²) in [5.41, 5.74) is 0.715. The number of nitrogens with one attached hydrogen (secondary N) is 1. The lowest BCUT2D eigenvalue weighted by Gasteiger charge is -2.67. The first-order valence-corrected chi connectivity index (χ1v) is 7.70. The molecule has 0 aliphatic heterocycles. The molecule has 1 amide bonds. The van der Waals surface area contributed by atoms with Crippen LogP contribution in [0.4, 0.5) is 5.69 Å². The molecule has 8 heteroatoms. The van der Waals surface area contributed by atoms with Crippen LogP contribution in [0.25, 0.3) is 11.4 Å². The first-order valence-electron chi connectivity index (χ1n) is 7.70. The Morgan fingerprint density at radius 2 is 2.00 bits per heavy atom. The van der Waals surface area contributed by atoms with Crippen LogP contribution in [-0.4, -0.2) is 46.7 Å². The Morgan fingerprint density at radius 3 is 2.62 bits per heavy atom. The number of H-pyrrole nitrogens is 1. The van der Waals surface area contributed by atoms with E-state index in [0.29, 0.717) is 25.1 Å². The van der Waals surface area contributed by atoms with Crippen LogP contribution in [0.5, 0.6) is 0 Å². The lowest BCUT2D eigenvalue weighted by Crippen LogP contribution is -2.70. The normalized spacial score (nSPS) is 26.9. The van der Waals surface area contributed by atoms with Gasteiger partial charge in [-0.2, -0.15) is 5.21 Å². The van der Waals surface area contributed by atoms with Crippen LogP contribution in [-0.2, 0) is 14.3 Å². The topological polar surface area (TPSA) is 101 Å². The Kier molecular flexibility index (Phi) is 3.00. The van der Waals surface area contributed by atoms with Crippen molar-refractivity contribution in [1.82, 2.24) is 20.6 Å². The maximum absolute atomic E-state index is 12.9. The molecule has 0 spiro atoms. The van der Waals surface area contributed by atoms with E-state index < -0.39 is 10.8 Å². The van der Waals surface area contributed by atoms with Gasteiger partial charge < -0.3 is 9.64 Å². The summed E-state index contributed by atoms with van der Waals surface area (Å²) in [5, 5.41) is 13.9. The van der Waals surface area contributed by atoms with E-state index in [1.165, 1.54) is 7.11 Å². The summed E-state index contributed by atoms with van der Waals surface area (Å²) in [4.78, 5) is 26.3. The molecule has 5 rings (SSSR count). The number of ether oxygens (including phenoxy) is 1. The maximum Gasteiger partial charge on any atom is 0.311 e. The van der Waals surface area contributed by atoms with Crippen molar-refractivity contribution >= 4 is 17.6 Å². The fraction of sp³-hybridized carbons (Fsp3) is 0.438. The van der Waals surface area contributed by atoms with Gasteiger partial charge in [0, 0.05) is 18.3 Å². The number of carbonyl (C=O) groups excluding carboxylic acids is 2. The van der Waals surface area contributed by atoms with Gasteiger partial charge in [-0.3, -0.25) is 9.59 Å². The Balaban J connectivity index is 1.51. The van der Waals surface area contributed by atoms with Crippen LogP contribution in [0.15, 0.2) is 24.3 Å². The molecule has 0 unspecified atom stereocenters. The third-order valence-corrected chi connectivity index (χ3v) is 5.24. The standard InChI is InChI=1S/C16H17N5O3/c1-21(11-5-3-4-10(6-11)12-17-19-20-18-12)13(22)15-7-16(8-15,9-15)14(23)24-2/h3-6H,7-9H2,1-2H3,(H,17,18,19,20). The highest BCUT2D eigenvalue weighted by Gasteiger charge is 2.76. The van der Waals surface area contributed by atoms with Gasteiger partial charge in [0.05, 0.1) is 17.9 Å². The largest absolute Gasteiger partial charge is 0.469 e. The number of nitrogens with zero attached hydrogens (tertiary/aromatic N) is 4. The third-order valence-electron chi connectivity index (χ3n) is 5.24. The van der Waals surface area contributed by atoms with E-state index in [9.17, 15) is 9.59 Å². The van der Waals surface area contributed by atoms with Crippen LogP contribution >= 0.6 is 0 Å². The first-order chi connectivity index (χ1) is 11.5. The van der Waals surface area contributed by atoms with E-state index in [1.807, 2.05) is 24.3 Å². The van der Waals surface area contributed by atoms with Crippen molar-refractivity contribution in [2.75, 3.05) is 19.1 Å². The molecule has 3 aliphatic carbocycles. The second kappa shape index (κ2) is 4.86. The predicted octanol–water partition coefficient (Wildman–Crippen LogP) is 1.17.